The molecule has 0 fully saturated rings. The third-order valence-corrected chi connectivity index (χ3v) is 7.22. The number of carbonyl (C=O) groups is 1. The first-order valence-electron chi connectivity index (χ1n) is 13.1. The van der Waals surface area contributed by atoms with Gasteiger partial charge in [0.05, 0.1) is 0 Å². The minimum absolute atomic E-state index is 0.164. The average Bonchev–Trinajstić information content (AvgIpc) is 3.24. The molecule has 1 aliphatic heterocycles. The molecular weight excluding hydrogens is 472 g/mol. The standard InChI is InChI=1S/C32H34N4O2/c1-19(2)36-18-21(4)30-26(31(37)34-17-27-20(3)13-22(5)35-32(27)38)14-25(15-29(30)36)24-11-12-28(33-16-24)23-9-7-6-8-10-23/h6-15,18-19,33H,16-17H2,1-5H3,(H,34,37)(H,35,38). The highest BCUT2D eigenvalue weighted by Gasteiger charge is 2.20. The van der Waals surface area contributed by atoms with Crippen LogP contribution in [0.1, 0.15) is 63.8 Å². The van der Waals surface area contributed by atoms with Gasteiger partial charge < -0.3 is 20.2 Å². The number of hydrogen-bond acceptors (Lipinski definition) is 3. The van der Waals surface area contributed by atoms with Crippen molar-refractivity contribution in [2.24, 2.45) is 0 Å². The van der Waals surface area contributed by atoms with Crippen LogP contribution in [0.3, 0.4) is 0 Å². The lowest BCUT2D eigenvalue weighted by Crippen LogP contribution is -2.28. The maximum Gasteiger partial charge on any atom is 0.253 e. The van der Waals surface area contributed by atoms with Gasteiger partial charge in [-0.2, -0.15) is 0 Å². The average molecular weight is 507 g/mol. The molecular formula is C32H34N4O2. The van der Waals surface area contributed by atoms with E-state index in [4.69, 9.17) is 0 Å². The van der Waals surface area contributed by atoms with Gasteiger partial charge >= 0.3 is 0 Å². The number of amides is 1. The van der Waals surface area contributed by atoms with Crippen LogP contribution in [0.15, 0.2) is 71.7 Å². The molecule has 1 aliphatic rings. The van der Waals surface area contributed by atoms with E-state index in [0.29, 0.717) is 17.7 Å². The number of carbonyl (C=O) groups excluding carboxylic acids is 1. The topological polar surface area (TPSA) is 78.9 Å². The van der Waals surface area contributed by atoms with Gasteiger partial charge in [0.15, 0.2) is 0 Å². The molecule has 194 valence electrons. The first-order valence-corrected chi connectivity index (χ1v) is 13.1. The van der Waals surface area contributed by atoms with Gasteiger partial charge in [0, 0.05) is 58.7 Å². The molecule has 2 aromatic carbocycles. The number of dihydropyridines is 1. The summed E-state index contributed by atoms with van der Waals surface area (Å²) < 4.78 is 2.22. The van der Waals surface area contributed by atoms with Crippen molar-refractivity contribution in [3.63, 3.8) is 0 Å². The molecule has 0 atom stereocenters. The highest BCUT2D eigenvalue weighted by molar-refractivity contribution is 6.09. The first-order chi connectivity index (χ1) is 18.2. The molecule has 3 N–H and O–H groups in total. The van der Waals surface area contributed by atoms with Gasteiger partial charge in [-0.25, -0.2) is 0 Å². The van der Waals surface area contributed by atoms with Crippen molar-refractivity contribution in [3.05, 3.63) is 116 Å². The largest absolute Gasteiger partial charge is 0.380 e. The van der Waals surface area contributed by atoms with Crippen LogP contribution >= 0.6 is 0 Å². The van der Waals surface area contributed by atoms with Crippen molar-refractivity contribution in [3.8, 4) is 0 Å². The quantitative estimate of drug-likeness (QED) is 0.310. The zero-order valence-electron chi connectivity index (χ0n) is 22.6. The number of pyridine rings is 1. The minimum Gasteiger partial charge on any atom is -0.380 e. The number of nitrogens with one attached hydrogen (secondary N) is 3. The second-order valence-electron chi connectivity index (χ2n) is 10.3. The molecule has 38 heavy (non-hydrogen) atoms. The molecule has 6 heteroatoms. The second-order valence-corrected chi connectivity index (χ2v) is 10.3. The molecule has 0 radical (unpaired) electrons. The van der Waals surface area contributed by atoms with Gasteiger partial charge in [-0.05, 0) is 86.7 Å². The monoisotopic (exact) mass is 506 g/mol. The van der Waals surface area contributed by atoms with Crippen molar-refractivity contribution in [2.75, 3.05) is 6.54 Å². The summed E-state index contributed by atoms with van der Waals surface area (Å²) in [5.74, 6) is -0.189. The lowest BCUT2D eigenvalue weighted by molar-refractivity contribution is 0.0952. The molecule has 6 nitrogen and oxygen atoms in total. The van der Waals surface area contributed by atoms with Crippen molar-refractivity contribution in [1.82, 2.24) is 20.2 Å². The lowest BCUT2D eigenvalue weighted by atomic mass is 9.96. The highest BCUT2D eigenvalue weighted by atomic mass is 16.1. The van der Waals surface area contributed by atoms with Gasteiger partial charge in [0.25, 0.3) is 11.5 Å². The van der Waals surface area contributed by atoms with E-state index in [-0.39, 0.29) is 24.1 Å². The minimum atomic E-state index is -0.189. The number of hydrogen-bond donors (Lipinski definition) is 3. The maximum atomic E-state index is 13.6. The number of aromatic nitrogens is 2. The van der Waals surface area contributed by atoms with Crippen LogP contribution in [0.2, 0.25) is 0 Å². The fourth-order valence-electron chi connectivity index (χ4n) is 5.25. The Morgan fingerprint density at radius 3 is 2.42 bits per heavy atom. The summed E-state index contributed by atoms with van der Waals surface area (Å²) in [6, 6.07) is 16.6. The van der Waals surface area contributed by atoms with Crippen LogP contribution in [0, 0.1) is 20.8 Å². The number of fused-ring (bicyclic) bond motifs is 1. The van der Waals surface area contributed by atoms with Crippen LogP contribution in [-0.4, -0.2) is 22.0 Å². The van der Waals surface area contributed by atoms with Crippen LogP contribution in [-0.2, 0) is 6.54 Å². The van der Waals surface area contributed by atoms with E-state index in [0.717, 1.165) is 50.1 Å². The summed E-state index contributed by atoms with van der Waals surface area (Å²) >= 11 is 0. The number of allylic oxidation sites excluding steroid dienone is 2. The van der Waals surface area contributed by atoms with Gasteiger partial charge in [-0.1, -0.05) is 36.4 Å². The van der Waals surface area contributed by atoms with E-state index >= 15 is 0 Å². The Morgan fingerprint density at radius 1 is 1.00 bits per heavy atom. The molecule has 0 unspecified atom stereocenters. The molecule has 4 aromatic rings. The number of aromatic amines is 1. The number of H-pyrrole nitrogens is 1. The third-order valence-electron chi connectivity index (χ3n) is 7.22. The Labute approximate surface area is 223 Å². The lowest BCUT2D eigenvalue weighted by Gasteiger charge is -2.19. The van der Waals surface area contributed by atoms with Gasteiger partial charge in [-0.15, -0.1) is 0 Å². The summed E-state index contributed by atoms with van der Waals surface area (Å²) in [5.41, 5.74) is 9.12. The van der Waals surface area contributed by atoms with Crippen LogP contribution in [0.4, 0.5) is 0 Å². The fraction of sp³-hybridized carbons (Fsp3) is 0.250. The van der Waals surface area contributed by atoms with E-state index < -0.39 is 0 Å². The molecule has 3 heterocycles. The van der Waals surface area contributed by atoms with E-state index in [9.17, 15) is 9.59 Å². The van der Waals surface area contributed by atoms with Crippen molar-refractivity contribution in [1.29, 1.82) is 0 Å². The van der Waals surface area contributed by atoms with E-state index in [1.807, 2.05) is 51.1 Å². The molecule has 1 amide bonds. The first kappa shape index (κ1) is 25.3. The predicted octanol–water partition coefficient (Wildman–Crippen LogP) is 5.79. The Balaban J connectivity index is 1.55. The molecule has 2 aromatic heterocycles. The third kappa shape index (κ3) is 4.82. The Kier molecular flexibility index (Phi) is 6.81. The Morgan fingerprint density at radius 2 is 1.76 bits per heavy atom. The summed E-state index contributed by atoms with van der Waals surface area (Å²) in [7, 11) is 0. The number of nitrogens with zero attached hydrogens (tertiary/aromatic N) is 1. The number of benzene rings is 2. The van der Waals surface area contributed by atoms with E-state index in [1.165, 1.54) is 0 Å². The van der Waals surface area contributed by atoms with Crippen molar-refractivity contribution >= 4 is 28.1 Å². The van der Waals surface area contributed by atoms with Gasteiger partial charge in [0.1, 0.15) is 0 Å². The Hall–Kier alpha value is -4.32. The summed E-state index contributed by atoms with van der Waals surface area (Å²) in [6.07, 6.45) is 6.34. The smallest absolute Gasteiger partial charge is 0.253 e. The van der Waals surface area contributed by atoms with Crippen molar-refractivity contribution < 1.29 is 4.79 Å². The maximum absolute atomic E-state index is 13.6. The molecule has 5 rings (SSSR count). The molecule has 0 spiro atoms. The summed E-state index contributed by atoms with van der Waals surface area (Å²) in [5, 5.41) is 7.50. The zero-order valence-corrected chi connectivity index (χ0v) is 22.6. The summed E-state index contributed by atoms with van der Waals surface area (Å²) in [4.78, 5) is 29.0. The van der Waals surface area contributed by atoms with Gasteiger partial charge in [0.2, 0.25) is 0 Å². The van der Waals surface area contributed by atoms with Crippen LogP contribution < -0.4 is 16.2 Å². The molecule has 0 saturated carbocycles. The summed E-state index contributed by atoms with van der Waals surface area (Å²) in [6.45, 7) is 10.9. The normalized spacial score (nSPS) is 13.3. The van der Waals surface area contributed by atoms with Gasteiger partial charge in [-0.3, -0.25) is 9.59 Å². The second kappa shape index (κ2) is 10.2. The SMILES string of the molecule is Cc1cc(C)c(CNC(=O)c2cc(C3=CC=C(c4ccccc4)NC3)cc3c2c(C)cn3C(C)C)c(=O)[nH]1. The predicted molar refractivity (Wildman–Crippen MR) is 155 cm³/mol. The number of rotatable bonds is 6. The highest BCUT2D eigenvalue weighted by Crippen LogP contribution is 2.32. The fourth-order valence-corrected chi connectivity index (χ4v) is 5.25. The molecule has 0 bridgehead atoms. The molecule has 0 saturated heterocycles. The van der Waals surface area contributed by atoms with E-state index in [1.54, 1.807) is 0 Å². The van der Waals surface area contributed by atoms with Crippen LogP contribution in [0.5, 0.6) is 0 Å². The van der Waals surface area contributed by atoms with E-state index in [2.05, 4.69) is 70.6 Å². The number of aryl methyl sites for hydroxylation is 3. The molecule has 0 aliphatic carbocycles. The van der Waals surface area contributed by atoms with Crippen molar-refractivity contribution in [2.45, 2.75) is 47.2 Å². The zero-order chi connectivity index (χ0) is 27.0. The Bertz CT molecular complexity index is 1650. The van der Waals surface area contributed by atoms with Crippen LogP contribution in [0.25, 0.3) is 22.2 Å².